The van der Waals surface area contributed by atoms with Gasteiger partial charge in [0, 0.05) is 18.5 Å². The smallest absolute Gasteiger partial charge is 0.225 e. The number of carbonyl (C=O) groups excluding carboxylic acids is 1. The molecule has 0 bridgehead atoms. The standard InChI is InChI=1S/C19H28N2O.ClH/c1-19(2,12-6-9-16-7-4-3-5-8-16)18(22)21-15-17-10-13-20-14-11-17;/h3-5,7-8,10,20H,6,9,11-15H2,1-2H3,(H,21,22);1H. The van der Waals surface area contributed by atoms with Crippen LogP contribution in [0.2, 0.25) is 0 Å². The van der Waals surface area contributed by atoms with Gasteiger partial charge in [0.05, 0.1) is 0 Å². The van der Waals surface area contributed by atoms with Gasteiger partial charge in [-0.3, -0.25) is 4.79 Å². The zero-order chi connectivity index (χ0) is 15.8. The summed E-state index contributed by atoms with van der Waals surface area (Å²) < 4.78 is 0. The molecule has 0 aromatic heterocycles. The van der Waals surface area contributed by atoms with E-state index in [-0.39, 0.29) is 23.7 Å². The molecule has 1 amide bonds. The predicted octanol–water partition coefficient (Wildman–Crippen LogP) is 3.49. The number of rotatable bonds is 7. The first-order chi connectivity index (χ1) is 10.6. The number of halogens is 1. The molecule has 0 spiro atoms. The Labute approximate surface area is 146 Å². The highest BCUT2D eigenvalue weighted by Crippen LogP contribution is 2.24. The van der Waals surface area contributed by atoms with E-state index in [0.717, 1.165) is 38.8 Å². The first-order valence-electron chi connectivity index (χ1n) is 8.29. The second-order valence-electron chi connectivity index (χ2n) is 6.72. The number of benzene rings is 1. The summed E-state index contributed by atoms with van der Waals surface area (Å²) >= 11 is 0. The van der Waals surface area contributed by atoms with Gasteiger partial charge in [-0.05, 0) is 37.8 Å². The third-order valence-corrected chi connectivity index (χ3v) is 4.36. The molecule has 3 nitrogen and oxygen atoms in total. The normalized spacial score (nSPS) is 14.6. The Morgan fingerprint density at radius 2 is 2.00 bits per heavy atom. The zero-order valence-corrected chi connectivity index (χ0v) is 15.0. The molecule has 2 rings (SSSR count). The van der Waals surface area contributed by atoms with Gasteiger partial charge in [-0.15, -0.1) is 12.4 Å². The van der Waals surface area contributed by atoms with Crippen molar-refractivity contribution in [1.29, 1.82) is 0 Å². The van der Waals surface area contributed by atoms with E-state index in [2.05, 4.69) is 41.0 Å². The van der Waals surface area contributed by atoms with Gasteiger partial charge in [-0.2, -0.15) is 0 Å². The first-order valence-corrected chi connectivity index (χ1v) is 8.29. The van der Waals surface area contributed by atoms with Crippen LogP contribution in [0.3, 0.4) is 0 Å². The van der Waals surface area contributed by atoms with Gasteiger partial charge in [0.2, 0.25) is 5.91 Å². The van der Waals surface area contributed by atoms with E-state index < -0.39 is 0 Å². The Morgan fingerprint density at radius 1 is 1.26 bits per heavy atom. The van der Waals surface area contributed by atoms with Crippen molar-refractivity contribution in [2.45, 2.75) is 39.5 Å². The van der Waals surface area contributed by atoms with Crippen LogP contribution in [0, 0.1) is 5.41 Å². The molecule has 1 aromatic rings. The number of hydrogen-bond acceptors (Lipinski definition) is 2. The summed E-state index contributed by atoms with van der Waals surface area (Å²) in [5.41, 5.74) is 2.38. The second kappa shape index (κ2) is 9.74. The van der Waals surface area contributed by atoms with Crippen LogP contribution in [0.1, 0.15) is 38.7 Å². The Balaban J connectivity index is 0.00000264. The first kappa shape index (κ1) is 19.7. The van der Waals surface area contributed by atoms with Gasteiger partial charge < -0.3 is 10.6 Å². The van der Waals surface area contributed by atoms with Crippen LogP contribution in [0.5, 0.6) is 0 Å². The van der Waals surface area contributed by atoms with Crippen molar-refractivity contribution >= 4 is 18.3 Å². The van der Waals surface area contributed by atoms with Gasteiger partial charge in [0.25, 0.3) is 0 Å². The fourth-order valence-corrected chi connectivity index (χ4v) is 2.76. The van der Waals surface area contributed by atoms with Crippen molar-refractivity contribution in [3.8, 4) is 0 Å². The number of aryl methyl sites for hydroxylation is 1. The van der Waals surface area contributed by atoms with Crippen LogP contribution in [0.4, 0.5) is 0 Å². The molecule has 1 aliphatic heterocycles. The van der Waals surface area contributed by atoms with Crippen LogP contribution in [0.15, 0.2) is 42.0 Å². The predicted molar refractivity (Wildman–Crippen MR) is 99.0 cm³/mol. The van der Waals surface area contributed by atoms with Gasteiger partial charge in [0.15, 0.2) is 0 Å². The van der Waals surface area contributed by atoms with Crippen LogP contribution in [-0.2, 0) is 11.2 Å². The SMILES string of the molecule is CC(C)(CCCc1ccccc1)C(=O)NCC1=CCNCC1.Cl. The maximum absolute atomic E-state index is 12.4. The van der Waals surface area contributed by atoms with Crippen LogP contribution in [0.25, 0.3) is 0 Å². The highest BCUT2D eigenvalue weighted by Gasteiger charge is 2.26. The average Bonchev–Trinajstić information content (AvgIpc) is 2.54. The monoisotopic (exact) mass is 336 g/mol. The third kappa shape index (κ3) is 6.76. The number of carbonyl (C=O) groups is 1. The molecule has 0 saturated carbocycles. The van der Waals surface area contributed by atoms with Gasteiger partial charge >= 0.3 is 0 Å². The molecule has 0 fully saturated rings. The highest BCUT2D eigenvalue weighted by molar-refractivity contribution is 5.85. The molecular weight excluding hydrogens is 308 g/mol. The van der Waals surface area contributed by atoms with E-state index in [0.29, 0.717) is 6.54 Å². The van der Waals surface area contributed by atoms with Crippen molar-refractivity contribution < 1.29 is 4.79 Å². The largest absolute Gasteiger partial charge is 0.352 e. The molecule has 128 valence electrons. The number of hydrogen-bond donors (Lipinski definition) is 2. The Kier molecular flexibility index (Phi) is 8.35. The Morgan fingerprint density at radius 3 is 2.65 bits per heavy atom. The van der Waals surface area contributed by atoms with Gasteiger partial charge in [-0.1, -0.05) is 55.8 Å². The molecule has 1 aliphatic rings. The quantitative estimate of drug-likeness (QED) is 0.748. The summed E-state index contributed by atoms with van der Waals surface area (Å²) in [5.74, 6) is 0.167. The van der Waals surface area contributed by atoms with Crippen molar-refractivity contribution in [2.24, 2.45) is 5.41 Å². The Bertz CT molecular complexity index is 511. The molecule has 0 radical (unpaired) electrons. The van der Waals surface area contributed by atoms with Crippen molar-refractivity contribution in [3.63, 3.8) is 0 Å². The number of nitrogens with one attached hydrogen (secondary N) is 2. The molecule has 1 aromatic carbocycles. The topological polar surface area (TPSA) is 41.1 Å². The minimum absolute atomic E-state index is 0. The summed E-state index contributed by atoms with van der Waals surface area (Å²) in [5, 5.41) is 6.39. The average molecular weight is 337 g/mol. The van der Waals surface area contributed by atoms with E-state index in [4.69, 9.17) is 0 Å². The summed E-state index contributed by atoms with van der Waals surface area (Å²) in [4.78, 5) is 12.4. The maximum atomic E-state index is 12.4. The van der Waals surface area contributed by atoms with Gasteiger partial charge in [-0.25, -0.2) is 0 Å². The van der Waals surface area contributed by atoms with E-state index in [1.807, 2.05) is 19.9 Å². The minimum atomic E-state index is -0.303. The van der Waals surface area contributed by atoms with E-state index in [9.17, 15) is 4.79 Å². The summed E-state index contributed by atoms with van der Waals surface area (Å²) in [6.07, 6.45) is 6.21. The third-order valence-electron chi connectivity index (χ3n) is 4.36. The molecule has 4 heteroatoms. The maximum Gasteiger partial charge on any atom is 0.225 e. The molecule has 2 N–H and O–H groups in total. The van der Waals surface area contributed by atoms with E-state index >= 15 is 0 Å². The fourth-order valence-electron chi connectivity index (χ4n) is 2.76. The second-order valence-corrected chi connectivity index (χ2v) is 6.72. The molecule has 23 heavy (non-hydrogen) atoms. The minimum Gasteiger partial charge on any atom is -0.352 e. The zero-order valence-electron chi connectivity index (χ0n) is 14.2. The van der Waals surface area contributed by atoms with Crippen molar-refractivity contribution in [3.05, 3.63) is 47.5 Å². The van der Waals surface area contributed by atoms with Crippen LogP contribution >= 0.6 is 12.4 Å². The molecule has 0 aliphatic carbocycles. The Hall–Kier alpha value is -1.32. The lowest BCUT2D eigenvalue weighted by atomic mass is 9.85. The van der Waals surface area contributed by atoms with E-state index in [1.54, 1.807) is 0 Å². The summed E-state index contributed by atoms with van der Waals surface area (Å²) in [6.45, 7) is 6.73. The van der Waals surface area contributed by atoms with Gasteiger partial charge in [0.1, 0.15) is 0 Å². The lowest BCUT2D eigenvalue weighted by Crippen LogP contribution is -2.38. The van der Waals surface area contributed by atoms with Crippen LogP contribution in [-0.4, -0.2) is 25.5 Å². The van der Waals surface area contributed by atoms with Crippen LogP contribution < -0.4 is 10.6 Å². The lowest BCUT2D eigenvalue weighted by molar-refractivity contribution is -0.129. The summed E-state index contributed by atoms with van der Waals surface area (Å²) in [7, 11) is 0. The molecule has 0 unspecified atom stereocenters. The van der Waals surface area contributed by atoms with Crippen molar-refractivity contribution in [1.82, 2.24) is 10.6 Å². The highest BCUT2D eigenvalue weighted by atomic mass is 35.5. The molecular formula is C19H29ClN2O. The van der Waals surface area contributed by atoms with Crippen molar-refractivity contribution in [2.75, 3.05) is 19.6 Å². The number of amides is 1. The molecule has 1 heterocycles. The molecule has 0 atom stereocenters. The lowest BCUT2D eigenvalue weighted by Gasteiger charge is -2.24. The van der Waals surface area contributed by atoms with E-state index in [1.165, 1.54) is 11.1 Å². The fraction of sp³-hybridized carbons (Fsp3) is 0.526. The molecule has 0 saturated heterocycles. The summed E-state index contributed by atoms with van der Waals surface area (Å²) in [6, 6.07) is 10.5.